The quantitative estimate of drug-likeness (QED) is 0.726. The van der Waals surface area contributed by atoms with E-state index in [9.17, 15) is 9.59 Å². The molecule has 2 amide bonds. The van der Waals surface area contributed by atoms with Crippen molar-refractivity contribution in [2.75, 3.05) is 19.0 Å². The van der Waals surface area contributed by atoms with Gasteiger partial charge in [0.05, 0.1) is 13.0 Å². The van der Waals surface area contributed by atoms with E-state index in [0.717, 1.165) is 22.6 Å². The lowest BCUT2D eigenvalue weighted by Crippen LogP contribution is -2.19. The van der Waals surface area contributed by atoms with Gasteiger partial charge >= 0.3 is 0 Å². The van der Waals surface area contributed by atoms with Crippen LogP contribution in [0.1, 0.15) is 24.0 Å². The second-order valence-corrected chi connectivity index (χ2v) is 5.81. The Kier molecular flexibility index (Phi) is 7.01. The van der Waals surface area contributed by atoms with Crippen LogP contribution in [0.3, 0.4) is 0 Å². The topological polar surface area (TPSA) is 67.4 Å². The summed E-state index contributed by atoms with van der Waals surface area (Å²) >= 11 is 0. The fourth-order valence-corrected chi connectivity index (χ4v) is 2.34. The Morgan fingerprint density at radius 2 is 1.72 bits per heavy atom. The van der Waals surface area contributed by atoms with Crippen LogP contribution < -0.4 is 15.4 Å². The minimum Gasteiger partial charge on any atom is -0.493 e. The normalized spacial score (nSPS) is 10.2. The van der Waals surface area contributed by atoms with Gasteiger partial charge in [0.25, 0.3) is 0 Å². The fourth-order valence-electron chi connectivity index (χ4n) is 2.34. The smallest absolute Gasteiger partial charge is 0.224 e. The van der Waals surface area contributed by atoms with E-state index >= 15 is 0 Å². The third-order valence-electron chi connectivity index (χ3n) is 3.78. The summed E-state index contributed by atoms with van der Waals surface area (Å²) in [6.07, 6.45) is 1.38. The number of carbonyl (C=O) groups excluding carboxylic acids is 2. The molecule has 2 aromatic rings. The molecule has 0 unspecified atom stereocenters. The predicted molar refractivity (Wildman–Crippen MR) is 98.8 cm³/mol. The Labute approximate surface area is 148 Å². The predicted octanol–water partition coefficient (Wildman–Crippen LogP) is 3.08. The first kappa shape index (κ1) is 18.5. The van der Waals surface area contributed by atoms with Crippen LogP contribution in [0.5, 0.6) is 5.75 Å². The number of amides is 2. The van der Waals surface area contributed by atoms with Crippen LogP contribution in [-0.2, 0) is 16.0 Å². The van der Waals surface area contributed by atoms with E-state index in [4.69, 9.17) is 4.74 Å². The van der Waals surface area contributed by atoms with E-state index in [1.54, 1.807) is 19.2 Å². The van der Waals surface area contributed by atoms with E-state index in [0.29, 0.717) is 25.9 Å². The number of aryl methyl sites for hydroxylation is 1. The lowest BCUT2D eigenvalue weighted by atomic mass is 10.1. The van der Waals surface area contributed by atoms with E-state index in [1.807, 2.05) is 43.3 Å². The summed E-state index contributed by atoms with van der Waals surface area (Å²) in [5.41, 5.74) is 2.72. The van der Waals surface area contributed by atoms with Gasteiger partial charge in [-0.15, -0.1) is 0 Å². The van der Waals surface area contributed by atoms with Crippen LogP contribution in [0.2, 0.25) is 0 Å². The molecule has 0 aliphatic heterocycles. The van der Waals surface area contributed by atoms with Gasteiger partial charge in [0, 0.05) is 19.2 Å². The Bertz CT molecular complexity index is 711. The Balaban J connectivity index is 1.71. The highest BCUT2D eigenvalue weighted by atomic mass is 16.5. The van der Waals surface area contributed by atoms with Gasteiger partial charge in [-0.2, -0.15) is 0 Å². The molecule has 0 aliphatic carbocycles. The Morgan fingerprint density at radius 3 is 2.40 bits per heavy atom. The number of rotatable bonds is 8. The molecule has 5 heteroatoms. The minimum absolute atomic E-state index is 0.0366. The van der Waals surface area contributed by atoms with Crippen LogP contribution in [0.25, 0.3) is 0 Å². The van der Waals surface area contributed by atoms with E-state index in [1.165, 1.54) is 0 Å². The van der Waals surface area contributed by atoms with Crippen molar-refractivity contribution in [1.82, 2.24) is 5.32 Å². The number of nitrogens with one attached hydrogen (secondary N) is 2. The third-order valence-corrected chi connectivity index (χ3v) is 3.78. The second kappa shape index (κ2) is 9.47. The van der Waals surface area contributed by atoms with Crippen molar-refractivity contribution >= 4 is 17.5 Å². The first-order chi connectivity index (χ1) is 12.1. The largest absolute Gasteiger partial charge is 0.493 e. The molecular weight excluding hydrogens is 316 g/mol. The Morgan fingerprint density at radius 1 is 1.00 bits per heavy atom. The number of carbonyl (C=O) groups is 2. The van der Waals surface area contributed by atoms with Crippen LogP contribution in [0.15, 0.2) is 48.5 Å². The van der Waals surface area contributed by atoms with Crippen molar-refractivity contribution in [1.29, 1.82) is 0 Å². The fraction of sp³-hybridized carbons (Fsp3) is 0.300. The number of benzene rings is 2. The summed E-state index contributed by atoms with van der Waals surface area (Å²) < 4.78 is 5.68. The molecular formula is C20H24N2O3. The number of ether oxygens (including phenoxy) is 1. The lowest BCUT2D eigenvalue weighted by Gasteiger charge is -2.09. The third kappa shape index (κ3) is 6.30. The van der Waals surface area contributed by atoms with Gasteiger partial charge in [-0.05, 0) is 42.7 Å². The highest BCUT2D eigenvalue weighted by molar-refractivity contribution is 5.90. The minimum atomic E-state index is -0.0487. The number of anilines is 1. The molecule has 0 heterocycles. The zero-order valence-electron chi connectivity index (χ0n) is 14.7. The van der Waals surface area contributed by atoms with Crippen molar-refractivity contribution in [2.45, 2.75) is 26.2 Å². The summed E-state index contributed by atoms with van der Waals surface area (Å²) in [5.74, 6) is 0.771. The van der Waals surface area contributed by atoms with Crippen molar-refractivity contribution in [3.05, 3.63) is 59.7 Å². The standard InChI is InChI=1S/C20H24N2O3/c1-15-6-3-4-7-18(15)25-13-5-8-19(23)22-17-11-9-16(10-12-17)14-20(24)21-2/h3-4,6-7,9-12H,5,8,13-14H2,1-2H3,(H,21,24)(H,22,23). The molecule has 2 N–H and O–H groups in total. The molecule has 2 rings (SSSR count). The van der Waals surface area contributed by atoms with Gasteiger partial charge in [0.15, 0.2) is 0 Å². The molecule has 0 spiro atoms. The average molecular weight is 340 g/mol. The molecule has 0 bridgehead atoms. The van der Waals surface area contributed by atoms with Crippen LogP contribution in [0.4, 0.5) is 5.69 Å². The molecule has 0 aromatic heterocycles. The number of likely N-dealkylation sites (N-methyl/N-ethyl adjacent to an activating group) is 1. The summed E-state index contributed by atoms with van der Waals surface area (Å²) in [7, 11) is 1.61. The molecule has 0 radical (unpaired) electrons. The van der Waals surface area contributed by atoms with Gasteiger partial charge in [0.2, 0.25) is 11.8 Å². The van der Waals surface area contributed by atoms with E-state index in [-0.39, 0.29) is 11.8 Å². The average Bonchev–Trinajstić information content (AvgIpc) is 2.61. The first-order valence-corrected chi connectivity index (χ1v) is 8.36. The first-order valence-electron chi connectivity index (χ1n) is 8.36. The van der Waals surface area contributed by atoms with Crippen molar-refractivity contribution in [2.24, 2.45) is 0 Å². The van der Waals surface area contributed by atoms with Gasteiger partial charge < -0.3 is 15.4 Å². The van der Waals surface area contributed by atoms with Crippen molar-refractivity contribution < 1.29 is 14.3 Å². The highest BCUT2D eigenvalue weighted by Gasteiger charge is 2.05. The second-order valence-electron chi connectivity index (χ2n) is 5.81. The van der Waals surface area contributed by atoms with Gasteiger partial charge in [-0.3, -0.25) is 9.59 Å². The van der Waals surface area contributed by atoms with Gasteiger partial charge in [-0.25, -0.2) is 0 Å². The van der Waals surface area contributed by atoms with Crippen LogP contribution in [0, 0.1) is 6.92 Å². The molecule has 25 heavy (non-hydrogen) atoms. The molecule has 132 valence electrons. The summed E-state index contributed by atoms with van der Waals surface area (Å²) in [6, 6.07) is 15.1. The number of para-hydroxylation sites is 1. The summed E-state index contributed by atoms with van der Waals surface area (Å²) in [5, 5.41) is 5.44. The molecule has 0 saturated heterocycles. The maximum atomic E-state index is 12.0. The van der Waals surface area contributed by atoms with Gasteiger partial charge in [0.1, 0.15) is 5.75 Å². The molecule has 5 nitrogen and oxygen atoms in total. The maximum Gasteiger partial charge on any atom is 0.224 e. The SMILES string of the molecule is CNC(=O)Cc1ccc(NC(=O)CCCOc2ccccc2C)cc1. The van der Waals surface area contributed by atoms with E-state index in [2.05, 4.69) is 10.6 Å². The summed E-state index contributed by atoms with van der Waals surface area (Å²) in [6.45, 7) is 2.50. The van der Waals surface area contributed by atoms with Crippen LogP contribution in [-0.4, -0.2) is 25.5 Å². The summed E-state index contributed by atoms with van der Waals surface area (Å²) in [4.78, 5) is 23.3. The zero-order valence-corrected chi connectivity index (χ0v) is 14.7. The van der Waals surface area contributed by atoms with Gasteiger partial charge in [-0.1, -0.05) is 30.3 Å². The number of hydrogen-bond acceptors (Lipinski definition) is 3. The maximum absolute atomic E-state index is 12.0. The lowest BCUT2D eigenvalue weighted by molar-refractivity contribution is -0.120. The number of hydrogen-bond donors (Lipinski definition) is 2. The van der Waals surface area contributed by atoms with Crippen molar-refractivity contribution in [3.63, 3.8) is 0 Å². The highest BCUT2D eigenvalue weighted by Crippen LogP contribution is 2.16. The molecule has 0 saturated carbocycles. The van der Waals surface area contributed by atoms with Crippen molar-refractivity contribution in [3.8, 4) is 5.75 Å². The van der Waals surface area contributed by atoms with Crippen LogP contribution >= 0.6 is 0 Å². The molecule has 0 fully saturated rings. The van der Waals surface area contributed by atoms with E-state index < -0.39 is 0 Å². The Hall–Kier alpha value is -2.82. The molecule has 0 atom stereocenters. The zero-order chi connectivity index (χ0) is 18.1. The molecule has 0 aliphatic rings. The molecule has 2 aromatic carbocycles. The monoisotopic (exact) mass is 340 g/mol.